The van der Waals surface area contributed by atoms with Gasteiger partial charge in [-0.05, 0) is 0 Å². The summed E-state index contributed by atoms with van der Waals surface area (Å²) in [5, 5.41) is 0. The Morgan fingerprint density at radius 2 is 2.17 bits per heavy atom. The van der Waals surface area contributed by atoms with Crippen LogP contribution in [-0.4, -0.2) is 25.1 Å². The van der Waals surface area contributed by atoms with Crippen molar-refractivity contribution in [2.24, 2.45) is 0 Å². The fourth-order valence-corrected chi connectivity index (χ4v) is 1.11. The first-order valence-corrected chi connectivity index (χ1v) is 4.44. The number of ether oxygens (including phenoxy) is 1. The van der Waals surface area contributed by atoms with Gasteiger partial charge in [-0.25, -0.2) is 0 Å². The molecule has 0 fully saturated rings. The molecule has 0 atom stereocenters. The van der Waals surface area contributed by atoms with Crippen molar-refractivity contribution < 1.29 is 17.7 Å². The second-order valence-electron chi connectivity index (χ2n) is 2.04. The lowest BCUT2D eigenvalue weighted by molar-refractivity contribution is 0.410. The number of rotatable bonds is 2. The lowest BCUT2D eigenvalue weighted by Gasteiger charge is -1.99. The Bertz CT molecular complexity index is 373. The van der Waals surface area contributed by atoms with Gasteiger partial charge in [-0.2, -0.15) is 8.42 Å². The number of nitrogens with zero attached hydrogens (tertiary/aromatic N) is 1. The number of methoxy groups -OCH3 is 1. The Labute approximate surface area is 69.8 Å². The maximum absolute atomic E-state index is 10.6. The molecular weight excluding hydrogens is 182 g/mol. The summed E-state index contributed by atoms with van der Waals surface area (Å²) in [5.41, 5.74) is 0. The monoisotopic (exact) mass is 189 g/mol. The molecule has 0 saturated heterocycles. The Balaban J connectivity index is 3.20. The summed E-state index contributed by atoms with van der Waals surface area (Å²) in [6, 6.07) is 1.18. The molecule has 1 aromatic rings. The molecule has 0 spiro atoms. The van der Waals surface area contributed by atoms with Crippen molar-refractivity contribution in [2.75, 3.05) is 7.11 Å². The van der Waals surface area contributed by atoms with E-state index in [1.54, 1.807) is 0 Å². The van der Waals surface area contributed by atoms with Gasteiger partial charge in [0.15, 0.2) is 0 Å². The van der Waals surface area contributed by atoms with Crippen molar-refractivity contribution in [1.82, 2.24) is 4.98 Å². The molecule has 0 aliphatic heterocycles. The van der Waals surface area contributed by atoms with Crippen LogP contribution in [0.15, 0.2) is 23.4 Å². The third-order valence-electron chi connectivity index (χ3n) is 1.22. The molecule has 0 aromatic carbocycles. The topological polar surface area (TPSA) is 76.5 Å². The molecular formula is C6H7NO4S. The molecule has 6 heteroatoms. The van der Waals surface area contributed by atoms with Crippen LogP contribution in [0.3, 0.4) is 0 Å². The second-order valence-corrected chi connectivity index (χ2v) is 3.46. The molecule has 1 heterocycles. The first-order valence-electron chi connectivity index (χ1n) is 3.00. The molecule has 1 rings (SSSR count). The van der Waals surface area contributed by atoms with Crippen LogP contribution in [-0.2, 0) is 10.1 Å². The molecule has 0 aliphatic carbocycles. The van der Waals surface area contributed by atoms with Gasteiger partial charge >= 0.3 is 0 Å². The van der Waals surface area contributed by atoms with Crippen LogP contribution in [0.2, 0.25) is 0 Å². The van der Waals surface area contributed by atoms with Gasteiger partial charge in [0, 0.05) is 12.3 Å². The largest absolute Gasteiger partial charge is 0.495 e. The van der Waals surface area contributed by atoms with E-state index in [0.717, 1.165) is 6.20 Å². The SMILES string of the molecule is COc1cncc(S(=O)(=O)O)c1. The van der Waals surface area contributed by atoms with Gasteiger partial charge in [0.25, 0.3) is 10.1 Å². The Morgan fingerprint density at radius 3 is 2.67 bits per heavy atom. The van der Waals surface area contributed by atoms with E-state index in [0.29, 0.717) is 0 Å². The average molecular weight is 189 g/mol. The Kier molecular flexibility index (Phi) is 2.30. The number of aromatic nitrogens is 1. The average Bonchev–Trinajstić information content (AvgIpc) is 2.03. The Morgan fingerprint density at radius 1 is 1.50 bits per heavy atom. The van der Waals surface area contributed by atoms with Crippen LogP contribution < -0.4 is 4.74 Å². The minimum Gasteiger partial charge on any atom is -0.495 e. The van der Waals surface area contributed by atoms with Crippen LogP contribution >= 0.6 is 0 Å². The molecule has 12 heavy (non-hydrogen) atoms. The summed E-state index contributed by atoms with van der Waals surface area (Å²) in [4.78, 5) is 3.28. The van der Waals surface area contributed by atoms with Crippen LogP contribution in [0, 0.1) is 0 Å². The summed E-state index contributed by atoms with van der Waals surface area (Å²) < 4.78 is 34.4. The molecule has 1 N–H and O–H groups in total. The zero-order valence-electron chi connectivity index (χ0n) is 6.26. The number of hydrogen-bond acceptors (Lipinski definition) is 4. The van der Waals surface area contributed by atoms with Gasteiger partial charge in [-0.3, -0.25) is 9.54 Å². The predicted octanol–water partition coefficient (Wildman–Crippen LogP) is 0.337. The highest BCUT2D eigenvalue weighted by Crippen LogP contribution is 2.13. The highest BCUT2D eigenvalue weighted by molar-refractivity contribution is 7.85. The first kappa shape index (κ1) is 8.95. The van der Waals surface area contributed by atoms with Gasteiger partial charge in [-0.15, -0.1) is 0 Å². The van der Waals surface area contributed by atoms with Crippen LogP contribution in [0.5, 0.6) is 5.75 Å². The minimum atomic E-state index is -4.18. The van der Waals surface area contributed by atoms with E-state index in [-0.39, 0.29) is 10.6 Å². The lowest BCUT2D eigenvalue weighted by atomic mass is 10.5. The zero-order chi connectivity index (χ0) is 9.19. The maximum Gasteiger partial charge on any atom is 0.296 e. The lowest BCUT2D eigenvalue weighted by Crippen LogP contribution is -1.99. The summed E-state index contributed by atoms with van der Waals surface area (Å²) in [7, 11) is -2.80. The van der Waals surface area contributed by atoms with E-state index >= 15 is 0 Å². The molecule has 0 amide bonds. The fraction of sp³-hybridized carbons (Fsp3) is 0.167. The summed E-state index contributed by atoms with van der Waals surface area (Å²) in [6.07, 6.45) is 2.38. The van der Waals surface area contributed by atoms with E-state index in [9.17, 15) is 8.42 Å². The molecule has 0 unspecified atom stereocenters. The molecule has 5 nitrogen and oxygen atoms in total. The number of pyridine rings is 1. The molecule has 0 aliphatic rings. The quantitative estimate of drug-likeness (QED) is 0.679. The van der Waals surface area contributed by atoms with E-state index in [4.69, 9.17) is 9.29 Å². The maximum atomic E-state index is 10.6. The highest BCUT2D eigenvalue weighted by Gasteiger charge is 2.10. The van der Waals surface area contributed by atoms with Crippen molar-refractivity contribution in [3.63, 3.8) is 0 Å². The minimum absolute atomic E-state index is 0.276. The summed E-state index contributed by atoms with van der Waals surface area (Å²) >= 11 is 0. The van der Waals surface area contributed by atoms with Gasteiger partial charge in [-0.1, -0.05) is 0 Å². The van der Waals surface area contributed by atoms with Gasteiger partial charge in [0.2, 0.25) is 0 Å². The molecule has 0 bridgehead atoms. The van der Waals surface area contributed by atoms with Crippen LogP contribution in [0.1, 0.15) is 0 Å². The fourth-order valence-electron chi connectivity index (χ4n) is 0.652. The van der Waals surface area contributed by atoms with Crippen molar-refractivity contribution in [3.8, 4) is 5.75 Å². The van der Waals surface area contributed by atoms with E-state index < -0.39 is 10.1 Å². The third-order valence-corrected chi connectivity index (χ3v) is 2.04. The Hall–Kier alpha value is -1.14. The molecule has 0 radical (unpaired) electrons. The van der Waals surface area contributed by atoms with Crippen molar-refractivity contribution in [3.05, 3.63) is 18.5 Å². The number of hydrogen-bond donors (Lipinski definition) is 1. The molecule has 66 valence electrons. The predicted molar refractivity (Wildman–Crippen MR) is 40.6 cm³/mol. The van der Waals surface area contributed by atoms with Crippen molar-refractivity contribution >= 4 is 10.1 Å². The summed E-state index contributed by atoms with van der Waals surface area (Å²) in [5.74, 6) is 0.283. The van der Waals surface area contributed by atoms with E-state index in [1.807, 2.05) is 0 Å². The van der Waals surface area contributed by atoms with E-state index in [1.165, 1.54) is 19.4 Å². The first-order chi connectivity index (χ1) is 5.54. The van der Waals surface area contributed by atoms with Crippen molar-refractivity contribution in [2.45, 2.75) is 4.90 Å². The molecule has 0 saturated carbocycles. The van der Waals surface area contributed by atoms with Gasteiger partial charge in [0.05, 0.1) is 13.3 Å². The normalized spacial score (nSPS) is 11.2. The van der Waals surface area contributed by atoms with Crippen LogP contribution in [0.25, 0.3) is 0 Å². The smallest absolute Gasteiger partial charge is 0.296 e. The highest BCUT2D eigenvalue weighted by atomic mass is 32.2. The summed E-state index contributed by atoms with van der Waals surface area (Å²) in [6.45, 7) is 0. The zero-order valence-corrected chi connectivity index (χ0v) is 7.08. The standard InChI is InChI=1S/C6H7NO4S/c1-11-5-2-6(4-7-3-5)12(8,9)10/h2-4H,1H3,(H,8,9,10). The van der Waals surface area contributed by atoms with Gasteiger partial charge < -0.3 is 4.74 Å². The van der Waals surface area contributed by atoms with Crippen LogP contribution in [0.4, 0.5) is 0 Å². The molecule has 1 aromatic heterocycles. The second kappa shape index (κ2) is 3.08. The third kappa shape index (κ3) is 1.93. The van der Waals surface area contributed by atoms with E-state index in [2.05, 4.69) is 4.98 Å². The van der Waals surface area contributed by atoms with Crippen molar-refractivity contribution in [1.29, 1.82) is 0 Å². The van der Waals surface area contributed by atoms with Gasteiger partial charge in [0.1, 0.15) is 10.6 Å².